The van der Waals surface area contributed by atoms with Crippen molar-refractivity contribution in [2.24, 2.45) is 17.8 Å². The van der Waals surface area contributed by atoms with E-state index in [9.17, 15) is 4.79 Å². The van der Waals surface area contributed by atoms with Crippen LogP contribution in [0.15, 0.2) is 30.3 Å². The van der Waals surface area contributed by atoms with Crippen LogP contribution in [-0.4, -0.2) is 13.0 Å². The van der Waals surface area contributed by atoms with Crippen molar-refractivity contribution in [3.63, 3.8) is 0 Å². The van der Waals surface area contributed by atoms with Crippen LogP contribution in [0.25, 0.3) is 0 Å². The van der Waals surface area contributed by atoms with Gasteiger partial charge in [0.05, 0.1) is 5.69 Å². The highest BCUT2D eigenvalue weighted by Crippen LogP contribution is 2.48. The zero-order valence-electron chi connectivity index (χ0n) is 10.8. The molecule has 18 heavy (non-hydrogen) atoms. The summed E-state index contributed by atoms with van der Waals surface area (Å²) in [5.74, 6) is 1.90. The van der Waals surface area contributed by atoms with Gasteiger partial charge in [-0.05, 0) is 43.2 Å². The van der Waals surface area contributed by atoms with E-state index >= 15 is 0 Å². The van der Waals surface area contributed by atoms with Gasteiger partial charge in [0, 0.05) is 13.0 Å². The van der Waals surface area contributed by atoms with Crippen molar-refractivity contribution in [3.8, 4) is 0 Å². The Hall–Kier alpha value is -1.51. The molecule has 3 heteroatoms. The quantitative estimate of drug-likeness (QED) is 0.829. The molecule has 2 fully saturated rings. The third-order valence-corrected chi connectivity index (χ3v) is 4.50. The number of amides is 1. The predicted molar refractivity (Wildman–Crippen MR) is 71.9 cm³/mol. The van der Waals surface area contributed by atoms with E-state index < -0.39 is 0 Å². The summed E-state index contributed by atoms with van der Waals surface area (Å²) < 4.78 is 0. The third-order valence-electron chi connectivity index (χ3n) is 4.50. The topological polar surface area (TPSA) is 32.3 Å². The van der Waals surface area contributed by atoms with Crippen molar-refractivity contribution in [2.75, 3.05) is 12.1 Å². The molecule has 0 aliphatic heterocycles. The maximum Gasteiger partial charge on any atom is 0.241 e. The van der Waals surface area contributed by atoms with E-state index in [1.165, 1.54) is 19.3 Å². The number of benzene rings is 1. The lowest BCUT2D eigenvalue weighted by atomic mass is 9.88. The van der Waals surface area contributed by atoms with E-state index in [1.54, 1.807) is 0 Å². The average molecular weight is 244 g/mol. The standard InChI is InChI=1S/C15H20N2O/c1-17(13-5-3-2-4-6-13)16-15(18)14-10-11-7-8-12(14)9-11/h2-6,11-12,14H,7-10H2,1H3,(H,16,18). The fourth-order valence-electron chi connectivity index (χ4n) is 3.53. The van der Waals surface area contributed by atoms with Crippen LogP contribution in [0.2, 0.25) is 0 Å². The van der Waals surface area contributed by atoms with Crippen molar-refractivity contribution in [2.45, 2.75) is 25.7 Å². The first kappa shape index (κ1) is 11.6. The summed E-state index contributed by atoms with van der Waals surface area (Å²) in [5, 5.41) is 1.83. The average Bonchev–Trinajstić information content (AvgIpc) is 3.02. The molecule has 0 heterocycles. The highest BCUT2D eigenvalue weighted by atomic mass is 16.2. The second-order valence-electron chi connectivity index (χ2n) is 5.65. The van der Waals surface area contributed by atoms with Gasteiger partial charge < -0.3 is 0 Å². The molecule has 2 bridgehead atoms. The summed E-state index contributed by atoms with van der Waals surface area (Å²) in [6.07, 6.45) is 4.95. The molecule has 0 spiro atoms. The Balaban J connectivity index is 1.61. The molecule has 3 nitrogen and oxygen atoms in total. The van der Waals surface area contributed by atoms with Crippen LogP contribution in [0.3, 0.4) is 0 Å². The smallest absolute Gasteiger partial charge is 0.241 e. The van der Waals surface area contributed by atoms with Crippen molar-refractivity contribution in [1.82, 2.24) is 5.43 Å². The minimum atomic E-state index is 0.202. The molecule has 2 aliphatic rings. The number of anilines is 1. The van der Waals surface area contributed by atoms with Gasteiger partial charge in [-0.1, -0.05) is 24.6 Å². The zero-order valence-corrected chi connectivity index (χ0v) is 10.8. The number of hydrazine groups is 1. The minimum Gasteiger partial charge on any atom is -0.289 e. The van der Waals surface area contributed by atoms with Crippen LogP contribution in [0.1, 0.15) is 25.7 Å². The van der Waals surface area contributed by atoms with Crippen LogP contribution < -0.4 is 10.4 Å². The van der Waals surface area contributed by atoms with E-state index in [0.717, 1.165) is 18.0 Å². The van der Waals surface area contributed by atoms with Crippen LogP contribution in [-0.2, 0) is 4.79 Å². The Bertz CT molecular complexity index is 431. The molecule has 0 aromatic heterocycles. The molecule has 1 amide bonds. The molecule has 1 aromatic rings. The van der Waals surface area contributed by atoms with Gasteiger partial charge in [0.1, 0.15) is 0 Å². The molecule has 2 aliphatic carbocycles. The minimum absolute atomic E-state index is 0.202. The highest BCUT2D eigenvalue weighted by Gasteiger charge is 2.43. The fourth-order valence-corrected chi connectivity index (χ4v) is 3.53. The summed E-state index contributed by atoms with van der Waals surface area (Å²) >= 11 is 0. The maximum absolute atomic E-state index is 12.3. The third kappa shape index (κ3) is 2.09. The largest absolute Gasteiger partial charge is 0.289 e. The molecule has 3 unspecified atom stereocenters. The van der Waals surface area contributed by atoms with Crippen molar-refractivity contribution in [1.29, 1.82) is 0 Å². The van der Waals surface area contributed by atoms with Gasteiger partial charge >= 0.3 is 0 Å². The number of fused-ring (bicyclic) bond motifs is 2. The summed E-state index contributed by atoms with van der Waals surface area (Å²) in [6.45, 7) is 0. The Labute approximate surface area is 108 Å². The lowest BCUT2D eigenvalue weighted by molar-refractivity contribution is -0.126. The van der Waals surface area contributed by atoms with Crippen molar-refractivity contribution in [3.05, 3.63) is 30.3 Å². The molecule has 0 saturated heterocycles. The molecule has 1 aromatic carbocycles. The monoisotopic (exact) mass is 244 g/mol. The number of rotatable bonds is 3. The van der Waals surface area contributed by atoms with E-state index in [0.29, 0.717) is 5.92 Å². The number of carbonyl (C=O) groups excluding carboxylic acids is 1. The number of para-hydroxylation sites is 1. The normalized spacial score (nSPS) is 29.3. The molecule has 0 radical (unpaired) electrons. The molecule has 2 saturated carbocycles. The number of nitrogens with one attached hydrogen (secondary N) is 1. The van der Waals surface area contributed by atoms with Gasteiger partial charge in [0.15, 0.2) is 0 Å². The molecular formula is C15H20N2O. The SMILES string of the molecule is CN(NC(=O)C1CC2CCC1C2)c1ccccc1. The van der Waals surface area contributed by atoms with Gasteiger partial charge in [-0.2, -0.15) is 0 Å². The second-order valence-corrected chi connectivity index (χ2v) is 5.65. The lowest BCUT2D eigenvalue weighted by Crippen LogP contribution is -2.44. The van der Waals surface area contributed by atoms with Gasteiger partial charge in [0.2, 0.25) is 5.91 Å². The Morgan fingerprint density at radius 1 is 1.22 bits per heavy atom. The number of nitrogens with zero attached hydrogens (tertiary/aromatic N) is 1. The van der Waals surface area contributed by atoms with Crippen molar-refractivity contribution < 1.29 is 4.79 Å². The molecule has 1 N–H and O–H groups in total. The fraction of sp³-hybridized carbons (Fsp3) is 0.533. The Morgan fingerprint density at radius 2 is 2.00 bits per heavy atom. The second kappa shape index (κ2) is 4.63. The molecule has 3 atom stereocenters. The van der Waals surface area contributed by atoms with Crippen molar-refractivity contribution >= 4 is 11.6 Å². The summed E-state index contributed by atoms with van der Waals surface area (Å²) in [4.78, 5) is 12.3. The van der Waals surface area contributed by atoms with E-state index in [-0.39, 0.29) is 11.8 Å². The van der Waals surface area contributed by atoms with Gasteiger partial charge in [-0.15, -0.1) is 0 Å². The van der Waals surface area contributed by atoms with E-state index in [2.05, 4.69) is 5.43 Å². The first-order valence-corrected chi connectivity index (χ1v) is 6.83. The molecule has 3 rings (SSSR count). The van der Waals surface area contributed by atoms with Crippen LogP contribution in [0.5, 0.6) is 0 Å². The highest BCUT2D eigenvalue weighted by molar-refractivity contribution is 5.81. The van der Waals surface area contributed by atoms with E-state index in [4.69, 9.17) is 0 Å². The first-order chi connectivity index (χ1) is 8.74. The van der Waals surface area contributed by atoms with Gasteiger partial charge in [-0.25, -0.2) is 0 Å². The summed E-state index contributed by atoms with van der Waals surface area (Å²) in [7, 11) is 1.90. The van der Waals surface area contributed by atoms with Gasteiger partial charge in [0.25, 0.3) is 0 Å². The lowest BCUT2D eigenvalue weighted by Gasteiger charge is -2.26. The van der Waals surface area contributed by atoms with E-state index in [1.807, 2.05) is 42.4 Å². The maximum atomic E-state index is 12.3. The zero-order chi connectivity index (χ0) is 12.5. The Kier molecular flexibility index (Phi) is 2.98. The predicted octanol–water partition coefficient (Wildman–Crippen LogP) is 2.59. The number of hydrogen-bond donors (Lipinski definition) is 1. The number of hydrogen-bond acceptors (Lipinski definition) is 2. The van der Waals surface area contributed by atoms with Gasteiger partial charge in [-0.3, -0.25) is 15.2 Å². The van der Waals surface area contributed by atoms with Crippen LogP contribution in [0, 0.1) is 17.8 Å². The number of carbonyl (C=O) groups is 1. The van der Waals surface area contributed by atoms with Crippen LogP contribution in [0.4, 0.5) is 5.69 Å². The molecule has 96 valence electrons. The molecular weight excluding hydrogens is 224 g/mol. The van der Waals surface area contributed by atoms with Crippen LogP contribution >= 0.6 is 0 Å². The summed E-state index contributed by atoms with van der Waals surface area (Å²) in [5.41, 5.74) is 4.04. The Morgan fingerprint density at radius 3 is 2.61 bits per heavy atom. The summed E-state index contributed by atoms with van der Waals surface area (Å²) in [6, 6.07) is 9.95. The first-order valence-electron chi connectivity index (χ1n) is 6.83.